The van der Waals surface area contributed by atoms with Gasteiger partial charge in [-0.1, -0.05) is 47.5 Å². The molecule has 1 amide bonds. The molecule has 3 fully saturated rings. The number of carbonyl (C=O) groups excluding carboxylic acids is 2. The minimum atomic E-state index is -1.44. The second-order valence-electron chi connectivity index (χ2n) is 11.8. The number of methoxy groups -OCH3 is 1. The van der Waals surface area contributed by atoms with E-state index in [-0.39, 0.29) is 51.7 Å². The minimum absolute atomic E-state index is 0.0170. The Morgan fingerprint density at radius 3 is 2.80 bits per heavy atom. The average molecular weight is 641 g/mol. The average Bonchev–Trinajstić information content (AvgIpc) is 3.66. The molecule has 0 aromatic heterocycles. The van der Waals surface area contributed by atoms with Crippen LogP contribution in [0.4, 0.5) is 15.8 Å². The van der Waals surface area contributed by atoms with Crippen LogP contribution < -0.4 is 10.6 Å². The first kappa shape index (κ1) is 29.1. The smallest absolute Gasteiger partial charge is 0.338 e. The van der Waals surface area contributed by atoms with Crippen molar-refractivity contribution < 1.29 is 28.7 Å². The predicted molar refractivity (Wildman–Crippen MR) is 159 cm³/mol. The summed E-state index contributed by atoms with van der Waals surface area (Å²) >= 11 is 12.6. The van der Waals surface area contributed by atoms with Gasteiger partial charge in [0.05, 0.1) is 34.8 Å². The number of benzene rings is 3. The van der Waals surface area contributed by atoms with E-state index in [1.54, 1.807) is 30.3 Å². The number of nitrogens with zero attached hydrogens (tertiary/aromatic N) is 2. The van der Waals surface area contributed by atoms with E-state index >= 15 is 4.39 Å². The van der Waals surface area contributed by atoms with Crippen molar-refractivity contribution in [3.05, 3.63) is 103 Å². The number of carbonyl (C=O) groups is 2. The second kappa shape index (κ2) is 10.5. The highest BCUT2D eigenvalue weighted by Gasteiger charge is 2.72. The number of fused-ring (bicyclic) bond motifs is 5. The number of hydrogen-bond acceptors (Lipinski definition) is 8. The largest absolute Gasteiger partial charge is 0.465 e. The molecular formula is C31H27Cl2FN4O6. The first-order valence-corrected chi connectivity index (χ1v) is 14.9. The molecule has 13 heteroatoms. The predicted octanol–water partition coefficient (Wildman–Crippen LogP) is 4.61. The van der Waals surface area contributed by atoms with Crippen molar-refractivity contribution in [3.8, 4) is 0 Å². The number of nitro groups is 1. The summed E-state index contributed by atoms with van der Waals surface area (Å²) in [5.41, 5.74) is -0.185. The van der Waals surface area contributed by atoms with Crippen LogP contribution in [0.15, 0.2) is 54.6 Å². The van der Waals surface area contributed by atoms with Gasteiger partial charge in [-0.2, -0.15) is 0 Å². The molecule has 228 valence electrons. The number of anilines is 1. The SMILES string of the molecule is COC(=O)c1ccc(CN[C@@H]2[C@@H]3[C@H](O)C4CC4CN3[C@@]3(C(=O)Nc4cc(Cl)ccc43)[C@H]2c2cccc(Cl)c2F)c([N+](=O)[O-])c1. The molecule has 1 saturated carbocycles. The van der Waals surface area contributed by atoms with Gasteiger partial charge in [0.15, 0.2) is 0 Å². The first-order valence-electron chi connectivity index (χ1n) is 14.2. The summed E-state index contributed by atoms with van der Waals surface area (Å²) in [6.07, 6.45) is -0.0564. The van der Waals surface area contributed by atoms with Crippen molar-refractivity contribution in [1.29, 1.82) is 0 Å². The summed E-state index contributed by atoms with van der Waals surface area (Å²) < 4.78 is 20.8. The molecule has 3 heterocycles. The van der Waals surface area contributed by atoms with Crippen molar-refractivity contribution >= 4 is 46.5 Å². The maximum Gasteiger partial charge on any atom is 0.338 e. The van der Waals surface area contributed by atoms with E-state index < -0.39 is 46.4 Å². The molecule has 7 rings (SSSR count). The number of ether oxygens (including phenoxy) is 1. The van der Waals surface area contributed by atoms with Gasteiger partial charge in [-0.05, 0) is 48.1 Å². The third kappa shape index (κ3) is 4.17. The lowest BCUT2D eigenvalue weighted by Crippen LogP contribution is -2.58. The summed E-state index contributed by atoms with van der Waals surface area (Å²) in [5.74, 6) is -2.51. The Bertz CT molecular complexity index is 1740. The first-order chi connectivity index (χ1) is 21.1. The molecule has 1 spiro atoms. The fourth-order valence-electron chi connectivity index (χ4n) is 7.79. The molecular weight excluding hydrogens is 614 g/mol. The molecule has 44 heavy (non-hydrogen) atoms. The number of rotatable bonds is 6. The number of nitro benzene ring substituents is 1. The summed E-state index contributed by atoms with van der Waals surface area (Å²) in [6, 6.07) is 12.3. The topological polar surface area (TPSA) is 134 Å². The Morgan fingerprint density at radius 1 is 1.25 bits per heavy atom. The van der Waals surface area contributed by atoms with Crippen LogP contribution in [0, 0.1) is 27.8 Å². The number of amides is 1. The van der Waals surface area contributed by atoms with Crippen LogP contribution in [0.1, 0.15) is 39.4 Å². The van der Waals surface area contributed by atoms with Crippen LogP contribution in [0.25, 0.3) is 0 Å². The Hall–Kier alpha value is -3.61. The fraction of sp³-hybridized carbons (Fsp3) is 0.355. The Kier molecular flexibility index (Phi) is 6.94. The zero-order valence-corrected chi connectivity index (χ0v) is 24.8. The van der Waals surface area contributed by atoms with Crippen molar-refractivity contribution in [2.24, 2.45) is 11.8 Å². The van der Waals surface area contributed by atoms with E-state index in [0.717, 1.165) is 12.5 Å². The van der Waals surface area contributed by atoms with Crippen LogP contribution in [-0.2, 0) is 21.6 Å². The molecule has 4 aliphatic rings. The molecule has 3 aromatic carbocycles. The number of nitrogens with one attached hydrogen (secondary N) is 2. The molecule has 0 bridgehead atoms. The third-order valence-electron chi connectivity index (χ3n) is 9.72. The van der Waals surface area contributed by atoms with Gasteiger partial charge in [-0.25, -0.2) is 9.18 Å². The number of piperidine rings is 1. The second-order valence-corrected chi connectivity index (χ2v) is 12.7. The molecule has 1 aliphatic carbocycles. The summed E-state index contributed by atoms with van der Waals surface area (Å²) in [6.45, 7) is 0.421. The van der Waals surface area contributed by atoms with Gasteiger partial charge in [0.25, 0.3) is 5.69 Å². The molecule has 7 atom stereocenters. The van der Waals surface area contributed by atoms with Crippen LogP contribution >= 0.6 is 23.2 Å². The van der Waals surface area contributed by atoms with E-state index in [4.69, 9.17) is 27.9 Å². The van der Waals surface area contributed by atoms with E-state index in [1.807, 2.05) is 4.90 Å². The van der Waals surface area contributed by atoms with Crippen LogP contribution in [0.3, 0.4) is 0 Å². The highest BCUT2D eigenvalue weighted by molar-refractivity contribution is 6.31. The lowest BCUT2D eigenvalue weighted by Gasteiger charge is -2.43. The Labute approximate surface area is 261 Å². The van der Waals surface area contributed by atoms with Gasteiger partial charge in [-0.15, -0.1) is 0 Å². The van der Waals surface area contributed by atoms with Crippen LogP contribution in [0.5, 0.6) is 0 Å². The van der Waals surface area contributed by atoms with E-state index in [9.17, 15) is 24.8 Å². The van der Waals surface area contributed by atoms with E-state index in [0.29, 0.717) is 22.8 Å². The Balaban J connectivity index is 1.39. The molecule has 3 aliphatic heterocycles. The van der Waals surface area contributed by atoms with Crippen LogP contribution in [-0.4, -0.2) is 58.6 Å². The highest BCUT2D eigenvalue weighted by atomic mass is 35.5. The number of halogens is 3. The van der Waals surface area contributed by atoms with Crippen molar-refractivity contribution in [2.75, 3.05) is 19.0 Å². The monoisotopic (exact) mass is 640 g/mol. The van der Waals surface area contributed by atoms with Crippen molar-refractivity contribution in [1.82, 2.24) is 10.2 Å². The molecule has 0 radical (unpaired) electrons. The summed E-state index contributed by atoms with van der Waals surface area (Å²) in [7, 11) is 1.19. The van der Waals surface area contributed by atoms with E-state index in [1.165, 1.54) is 25.3 Å². The third-order valence-corrected chi connectivity index (χ3v) is 10.2. The zero-order valence-electron chi connectivity index (χ0n) is 23.3. The van der Waals surface area contributed by atoms with Gasteiger partial charge < -0.3 is 20.5 Å². The van der Waals surface area contributed by atoms with Gasteiger partial charge in [0.1, 0.15) is 11.4 Å². The zero-order chi connectivity index (χ0) is 31.1. The van der Waals surface area contributed by atoms with Crippen molar-refractivity contribution in [2.45, 2.75) is 42.6 Å². The fourth-order valence-corrected chi connectivity index (χ4v) is 8.15. The number of aliphatic hydroxyl groups is 1. The summed E-state index contributed by atoms with van der Waals surface area (Å²) in [5, 5.41) is 30.4. The van der Waals surface area contributed by atoms with Crippen molar-refractivity contribution in [3.63, 3.8) is 0 Å². The van der Waals surface area contributed by atoms with E-state index in [2.05, 4.69) is 10.6 Å². The quantitative estimate of drug-likeness (QED) is 0.202. The molecule has 2 unspecified atom stereocenters. The lowest BCUT2D eigenvalue weighted by atomic mass is 9.73. The molecule has 3 N–H and O–H groups in total. The van der Waals surface area contributed by atoms with Gasteiger partial charge in [0.2, 0.25) is 5.91 Å². The number of esters is 1. The summed E-state index contributed by atoms with van der Waals surface area (Å²) in [4.78, 5) is 39.8. The maximum absolute atomic E-state index is 16.1. The van der Waals surface area contributed by atoms with Crippen LogP contribution in [0.2, 0.25) is 10.0 Å². The minimum Gasteiger partial charge on any atom is -0.465 e. The molecule has 10 nitrogen and oxygen atoms in total. The van der Waals surface area contributed by atoms with Gasteiger partial charge in [-0.3, -0.25) is 19.8 Å². The normalized spacial score (nSPS) is 30.0. The molecule has 3 aromatic rings. The number of hydrogen-bond donors (Lipinski definition) is 3. The molecule has 2 saturated heterocycles. The maximum atomic E-state index is 16.1. The lowest BCUT2D eigenvalue weighted by molar-refractivity contribution is -0.385. The standard InChI is InChI=1S/C31H27Cl2FN4O6/c1-44-29(40)14-5-6-15(23(10-14)38(42)43)12-35-26-24(18-3-2-4-21(33)25(18)34)31(37-13-16-9-19(16)28(39)27(26)37)20-8-7-17(32)11-22(20)36-30(31)41/h2-8,10-11,16,19,24,26-28,35,39H,9,12-13H2,1H3,(H,36,41)/t16?,19?,24-,26-,27+,28+,31+/m0/s1. The highest BCUT2D eigenvalue weighted by Crippen LogP contribution is 2.63. The van der Waals surface area contributed by atoms with Gasteiger partial charge in [0, 0.05) is 53.0 Å². The van der Waals surface area contributed by atoms with Gasteiger partial charge >= 0.3 is 5.97 Å². The Morgan fingerprint density at radius 2 is 2.05 bits per heavy atom. The number of aliphatic hydroxyl groups excluding tert-OH is 1.